The fourth-order valence-corrected chi connectivity index (χ4v) is 2.74. The van der Waals surface area contributed by atoms with E-state index in [2.05, 4.69) is 41.4 Å². The Morgan fingerprint density at radius 3 is 3.00 bits per heavy atom. The minimum Gasteiger partial charge on any atom is -0.383 e. The van der Waals surface area contributed by atoms with Gasteiger partial charge in [0.05, 0.1) is 6.61 Å². The smallest absolute Gasteiger partial charge is 0.0615 e. The highest BCUT2D eigenvalue weighted by atomic mass is 16.5. The molecule has 1 aromatic rings. The summed E-state index contributed by atoms with van der Waals surface area (Å²) in [4.78, 5) is 2.51. The number of hydrogen-bond acceptors (Lipinski definition) is 3. The van der Waals surface area contributed by atoms with Crippen LogP contribution in [0.2, 0.25) is 0 Å². The molecule has 1 N–H and O–H groups in total. The van der Waals surface area contributed by atoms with Gasteiger partial charge in [-0.15, -0.1) is 0 Å². The van der Waals surface area contributed by atoms with Crippen molar-refractivity contribution in [1.29, 1.82) is 0 Å². The van der Waals surface area contributed by atoms with Crippen LogP contribution in [0.5, 0.6) is 0 Å². The lowest BCUT2D eigenvalue weighted by Gasteiger charge is -2.21. The van der Waals surface area contributed by atoms with Gasteiger partial charge in [-0.2, -0.15) is 0 Å². The zero-order chi connectivity index (χ0) is 13.5. The number of hydrogen-bond donors (Lipinski definition) is 1. The topological polar surface area (TPSA) is 24.5 Å². The van der Waals surface area contributed by atoms with Crippen molar-refractivity contribution in [3.05, 3.63) is 29.8 Å². The van der Waals surface area contributed by atoms with Gasteiger partial charge in [-0.1, -0.05) is 25.1 Å². The Kier molecular flexibility index (Phi) is 5.67. The predicted octanol–water partition coefficient (Wildman–Crippen LogP) is 2.45. The molecule has 1 aliphatic heterocycles. The van der Waals surface area contributed by atoms with E-state index in [0.717, 1.165) is 26.1 Å². The van der Waals surface area contributed by atoms with Gasteiger partial charge in [0.2, 0.25) is 0 Å². The van der Waals surface area contributed by atoms with E-state index in [9.17, 15) is 0 Å². The summed E-state index contributed by atoms with van der Waals surface area (Å²) in [5.41, 5.74) is 2.94. The third kappa shape index (κ3) is 3.95. The van der Waals surface area contributed by atoms with Crippen molar-refractivity contribution < 1.29 is 4.74 Å². The molecule has 0 amide bonds. The van der Waals surface area contributed by atoms with E-state index in [1.807, 2.05) is 0 Å². The average Bonchev–Trinajstić information content (AvgIpc) is 2.85. The number of anilines is 1. The lowest BCUT2D eigenvalue weighted by atomic mass is 10.2. The number of fused-ring (bicyclic) bond motifs is 1. The molecule has 3 heteroatoms. The van der Waals surface area contributed by atoms with Gasteiger partial charge in [0.1, 0.15) is 0 Å². The molecule has 0 radical (unpaired) electrons. The van der Waals surface area contributed by atoms with Crippen molar-refractivity contribution >= 4 is 5.69 Å². The first-order valence-electron chi connectivity index (χ1n) is 7.40. The minimum atomic E-state index is 0.496. The van der Waals surface area contributed by atoms with Crippen LogP contribution in [0.4, 0.5) is 5.69 Å². The number of nitrogens with one attached hydrogen (secondary N) is 1. The molecule has 1 atom stereocenters. The van der Waals surface area contributed by atoms with E-state index in [0.29, 0.717) is 6.04 Å². The van der Waals surface area contributed by atoms with Crippen molar-refractivity contribution in [2.45, 2.75) is 32.2 Å². The molecule has 1 aliphatic rings. The Balaban J connectivity index is 1.70. The molecule has 1 aromatic carbocycles. The van der Waals surface area contributed by atoms with Gasteiger partial charge in [-0.3, -0.25) is 0 Å². The van der Waals surface area contributed by atoms with Crippen molar-refractivity contribution in [3.63, 3.8) is 0 Å². The summed E-state index contributed by atoms with van der Waals surface area (Å²) < 4.78 is 5.20. The summed E-state index contributed by atoms with van der Waals surface area (Å²) in [6.07, 6.45) is 3.51. The van der Waals surface area contributed by atoms with E-state index in [-0.39, 0.29) is 0 Å². The van der Waals surface area contributed by atoms with Crippen molar-refractivity contribution in [2.75, 3.05) is 38.3 Å². The van der Waals surface area contributed by atoms with Crippen LogP contribution in [0.15, 0.2) is 24.3 Å². The van der Waals surface area contributed by atoms with Crippen LogP contribution >= 0.6 is 0 Å². The monoisotopic (exact) mass is 262 g/mol. The van der Waals surface area contributed by atoms with Gasteiger partial charge in [-0.25, -0.2) is 0 Å². The molecule has 0 spiro atoms. The molecule has 106 valence electrons. The number of methoxy groups -OCH3 is 1. The second kappa shape index (κ2) is 7.51. The molecular formula is C16H26N2O. The molecule has 0 saturated carbocycles. The fourth-order valence-electron chi connectivity index (χ4n) is 2.74. The maximum absolute atomic E-state index is 5.20. The zero-order valence-electron chi connectivity index (χ0n) is 12.2. The average molecular weight is 262 g/mol. The first-order valence-corrected chi connectivity index (χ1v) is 7.40. The van der Waals surface area contributed by atoms with Crippen LogP contribution in [0.25, 0.3) is 0 Å². The van der Waals surface area contributed by atoms with E-state index >= 15 is 0 Å². The van der Waals surface area contributed by atoms with Crippen LogP contribution in [-0.4, -0.2) is 39.4 Å². The SMILES string of the molecule is CCC(COC)NCCCN1CCc2ccccc21. The molecule has 0 saturated heterocycles. The number of ether oxygens (including phenoxy) is 1. The van der Waals surface area contributed by atoms with E-state index < -0.39 is 0 Å². The van der Waals surface area contributed by atoms with Crippen molar-refractivity contribution in [2.24, 2.45) is 0 Å². The van der Waals surface area contributed by atoms with Gasteiger partial charge in [0.15, 0.2) is 0 Å². The highest BCUT2D eigenvalue weighted by molar-refractivity contribution is 5.57. The van der Waals surface area contributed by atoms with Gasteiger partial charge >= 0.3 is 0 Å². The molecule has 0 bridgehead atoms. The standard InChI is InChI=1S/C16H26N2O/c1-3-15(13-19-2)17-10-6-11-18-12-9-14-7-4-5-8-16(14)18/h4-5,7-8,15,17H,3,6,9-13H2,1-2H3. The first kappa shape index (κ1) is 14.4. The maximum atomic E-state index is 5.20. The predicted molar refractivity (Wildman–Crippen MR) is 80.9 cm³/mol. The quantitative estimate of drug-likeness (QED) is 0.728. The van der Waals surface area contributed by atoms with Crippen molar-refractivity contribution in [1.82, 2.24) is 5.32 Å². The fraction of sp³-hybridized carbons (Fsp3) is 0.625. The lowest BCUT2D eigenvalue weighted by molar-refractivity contribution is 0.164. The highest BCUT2D eigenvalue weighted by Gasteiger charge is 2.17. The van der Waals surface area contributed by atoms with E-state index in [1.54, 1.807) is 7.11 Å². The summed E-state index contributed by atoms with van der Waals surface area (Å²) in [5, 5.41) is 3.57. The summed E-state index contributed by atoms with van der Waals surface area (Å²) in [7, 11) is 1.77. The van der Waals surface area contributed by atoms with Crippen LogP contribution in [-0.2, 0) is 11.2 Å². The molecule has 0 aliphatic carbocycles. The number of para-hydroxylation sites is 1. The van der Waals surface area contributed by atoms with Crippen LogP contribution in [0.3, 0.4) is 0 Å². The molecule has 0 fully saturated rings. The van der Waals surface area contributed by atoms with Crippen molar-refractivity contribution in [3.8, 4) is 0 Å². The van der Waals surface area contributed by atoms with Crippen LogP contribution in [0, 0.1) is 0 Å². The molecule has 1 unspecified atom stereocenters. The van der Waals surface area contributed by atoms with Gasteiger partial charge in [0, 0.05) is 31.9 Å². The summed E-state index contributed by atoms with van der Waals surface area (Å²) in [5.74, 6) is 0. The Morgan fingerprint density at radius 2 is 2.21 bits per heavy atom. The molecule has 2 rings (SSSR count). The highest BCUT2D eigenvalue weighted by Crippen LogP contribution is 2.27. The third-order valence-electron chi connectivity index (χ3n) is 3.88. The second-order valence-corrected chi connectivity index (χ2v) is 5.23. The first-order chi connectivity index (χ1) is 9.35. The Bertz CT molecular complexity index is 381. The third-order valence-corrected chi connectivity index (χ3v) is 3.88. The molecular weight excluding hydrogens is 236 g/mol. The zero-order valence-corrected chi connectivity index (χ0v) is 12.2. The van der Waals surface area contributed by atoms with Gasteiger partial charge in [0.25, 0.3) is 0 Å². The lowest BCUT2D eigenvalue weighted by Crippen LogP contribution is -2.35. The second-order valence-electron chi connectivity index (χ2n) is 5.23. The normalized spacial score (nSPS) is 15.6. The number of rotatable bonds is 8. The van der Waals surface area contributed by atoms with E-state index in [4.69, 9.17) is 4.74 Å². The van der Waals surface area contributed by atoms with Gasteiger partial charge in [-0.05, 0) is 37.4 Å². The summed E-state index contributed by atoms with van der Waals surface area (Å²) >= 11 is 0. The van der Waals surface area contributed by atoms with Crippen LogP contribution in [0.1, 0.15) is 25.3 Å². The minimum absolute atomic E-state index is 0.496. The molecule has 19 heavy (non-hydrogen) atoms. The number of benzene rings is 1. The Morgan fingerprint density at radius 1 is 1.37 bits per heavy atom. The van der Waals surface area contributed by atoms with Gasteiger partial charge < -0.3 is 15.0 Å². The number of nitrogens with zero attached hydrogens (tertiary/aromatic N) is 1. The molecule has 0 aromatic heterocycles. The molecule has 3 nitrogen and oxygen atoms in total. The Hall–Kier alpha value is -1.06. The van der Waals surface area contributed by atoms with Crippen LogP contribution < -0.4 is 10.2 Å². The summed E-state index contributed by atoms with van der Waals surface area (Å²) in [6.45, 7) is 6.40. The maximum Gasteiger partial charge on any atom is 0.0615 e. The Labute approximate surface area is 116 Å². The largest absolute Gasteiger partial charge is 0.383 e. The van der Waals surface area contributed by atoms with E-state index in [1.165, 1.54) is 30.6 Å². The molecule has 1 heterocycles. The summed E-state index contributed by atoms with van der Waals surface area (Å²) in [6, 6.07) is 9.27.